The van der Waals surface area contributed by atoms with Crippen LogP contribution in [-0.4, -0.2) is 6.10 Å². The summed E-state index contributed by atoms with van der Waals surface area (Å²) in [4.78, 5) is 0. The van der Waals surface area contributed by atoms with Crippen LogP contribution in [0.25, 0.3) is 0 Å². The van der Waals surface area contributed by atoms with Crippen LogP contribution in [0.5, 0.6) is 5.75 Å². The molecular weight excluding hydrogens is 343 g/mol. The highest BCUT2D eigenvalue weighted by atomic mass is 19.4. The molecule has 0 saturated carbocycles. The summed E-state index contributed by atoms with van der Waals surface area (Å²) in [7, 11) is 0. The Morgan fingerprint density at radius 2 is 1.92 bits per heavy atom. The van der Waals surface area contributed by atoms with Gasteiger partial charge in [-0.3, -0.25) is 0 Å². The zero-order chi connectivity index (χ0) is 19.2. The van der Waals surface area contributed by atoms with Gasteiger partial charge in [0.15, 0.2) is 6.10 Å². The lowest BCUT2D eigenvalue weighted by Crippen LogP contribution is -2.12. The van der Waals surface area contributed by atoms with E-state index in [0.717, 1.165) is 17.7 Å². The minimum absolute atomic E-state index is 0.256. The molecule has 0 fully saturated rings. The minimum Gasteiger partial charge on any atom is -0.476 e. The quantitative estimate of drug-likeness (QED) is 0.799. The van der Waals surface area contributed by atoms with Crippen molar-refractivity contribution < 1.29 is 17.9 Å². The molecule has 0 bridgehead atoms. The maximum absolute atomic E-state index is 13.0. The van der Waals surface area contributed by atoms with E-state index in [1.807, 2.05) is 13.0 Å². The van der Waals surface area contributed by atoms with Crippen molar-refractivity contribution in [2.75, 3.05) is 5.32 Å². The maximum Gasteiger partial charge on any atom is 0.417 e. The lowest BCUT2D eigenvalue weighted by Gasteiger charge is -2.14. The molecule has 26 heavy (non-hydrogen) atoms. The average Bonchev–Trinajstić information content (AvgIpc) is 2.63. The molecule has 2 aromatic rings. The van der Waals surface area contributed by atoms with Crippen LogP contribution in [0.2, 0.25) is 0 Å². The largest absolute Gasteiger partial charge is 0.476 e. The van der Waals surface area contributed by atoms with Crippen molar-refractivity contribution >= 4 is 5.69 Å². The predicted molar refractivity (Wildman–Crippen MR) is 90.2 cm³/mol. The Bertz CT molecular complexity index is 850. The van der Waals surface area contributed by atoms with Gasteiger partial charge in [-0.05, 0) is 42.3 Å². The second kappa shape index (κ2) is 8.26. The van der Waals surface area contributed by atoms with Gasteiger partial charge in [-0.1, -0.05) is 19.1 Å². The normalized spacial score (nSPS) is 11.9. The number of benzene rings is 2. The third-order valence-corrected chi connectivity index (χ3v) is 3.63. The molecule has 0 spiro atoms. The second-order valence-corrected chi connectivity index (χ2v) is 5.51. The number of hydrogen-bond donors (Lipinski definition) is 1. The van der Waals surface area contributed by atoms with Gasteiger partial charge < -0.3 is 10.1 Å². The number of hydrogen-bond acceptors (Lipinski definition) is 4. The van der Waals surface area contributed by atoms with Crippen LogP contribution in [0.3, 0.4) is 0 Å². The maximum atomic E-state index is 13.0. The van der Waals surface area contributed by atoms with Gasteiger partial charge in [-0.15, -0.1) is 0 Å². The SMILES string of the molecule is CCC(C#N)Oc1cccc(CNc2ccc(C#N)c(C(F)(F)F)c2)c1. The first-order valence-electron chi connectivity index (χ1n) is 7.87. The summed E-state index contributed by atoms with van der Waals surface area (Å²) in [6.07, 6.45) is -4.60. The summed E-state index contributed by atoms with van der Waals surface area (Å²) >= 11 is 0. The van der Waals surface area contributed by atoms with Gasteiger partial charge in [0.25, 0.3) is 0 Å². The standard InChI is InChI=1S/C19H16F3N3O/c1-2-16(11-24)26-17-5-3-4-13(8-17)12-25-15-7-6-14(10-23)18(9-15)19(20,21)22/h3-9,16,25H,2,12H2,1H3. The molecule has 1 N–H and O–H groups in total. The van der Waals surface area contributed by atoms with Crippen LogP contribution in [0.1, 0.15) is 30.0 Å². The number of anilines is 1. The molecule has 0 aliphatic rings. The molecule has 0 amide bonds. The van der Waals surface area contributed by atoms with Gasteiger partial charge in [0.1, 0.15) is 11.8 Å². The number of halogens is 3. The average molecular weight is 359 g/mol. The summed E-state index contributed by atoms with van der Waals surface area (Å²) < 4.78 is 44.5. The summed E-state index contributed by atoms with van der Waals surface area (Å²) in [5, 5.41) is 20.7. The van der Waals surface area contributed by atoms with E-state index in [4.69, 9.17) is 15.3 Å². The monoisotopic (exact) mass is 359 g/mol. The molecule has 2 rings (SSSR count). The molecule has 0 aliphatic carbocycles. The lowest BCUT2D eigenvalue weighted by atomic mass is 10.1. The fourth-order valence-electron chi connectivity index (χ4n) is 2.28. The summed E-state index contributed by atoms with van der Waals surface area (Å²) in [6.45, 7) is 2.10. The van der Waals surface area contributed by atoms with Crippen molar-refractivity contribution in [3.63, 3.8) is 0 Å². The zero-order valence-corrected chi connectivity index (χ0v) is 14.0. The van der Waals surface area contributed by atoms with Crippen molar-refractivity contribution in [2.45, 2.75) is 32.2 Å². The van der Waals surface area contributed by atoms with Crippen molar-refractivity contribution in [3.8, 4) is 17.9 Å². The van der Waals surface area contributed by atoms with Crippen LogP contribution < -0.4 is 10.1 Å². The number of nitrogens with zero attached hydrogens (tertiary/aromatic N) is 2. The first kappa shape index (κ1) is 19.1. The summed E-state index contributed by atoms with van der Waals surface area (Å²) in [5.74, 6) is 0.522. The molecule has 0 aliphatic heterocycles. The van der Waals surface area contributed by atoms with Gasteiger partial charge in [0.2, 0.25) is 0 Å². The second-order valence-electron chi connectivity index (χ2n) is 5.51. The highest BCUT2D eigenvalue weighted by Crippen LogP contribution is 2.33. The Morgan fingerprint density at radius 3 is 2.54 bits per heavy atom. The molecule has 134 valence electrons. The Kier molecular flexibility index (Phi) is 6.08. The van der Waals surface area contributed by atoms with Crippen LogP contribution in [0.15, 0.2) is 42.5 Å². The Hall–Kier alpha value is -3.19. The van der Waals surface area contributed by atoms with Gasteiger partial charge in [0, 0.05) is 12.2 Å². The Balaban J connectivity index is 2.12. The zero-order valence-electron chi connectivity index (χ0n) is 14.0. The molecule has 1 atom stereocenters. The highest BCUT2D eigenvalue weighted by Gasteiger charge is 2.33. The van der Waals surface area contributed by atoms with Gasteiger partial charge >= 0.3 is 6.18 Å². The van der Waals surface area contributed by atoms with Gasteiger partial charge in [0.05, 0.1) is 17.2 Å². The van der Waals surface area contributed by atoms with Crippen molar-refractivity contribution in [3.05, 3.63) is 59.2 Å². The van der Waals surface area contributed by atoms with E-state index in [0.29, 0.717) is 12.2 Å². The lowest BCUT2D eigenvalue weighted by molar-refractivity contribution is -0.137. The van der Waals surface area contributed by atoms with Crippen LogP contribution >= 0.6 is 0 Å². The van der Waals surface area contributed by atoms with E-state index in [2.05, 4.69) is 5.32 Å². The van der Waals surface area contributed by atoms with E-state index < -0.39 is 23.4 Å². The van der Waals surface area contributed by atoms with Gasteiger partial charge in [-0.25, -0.2) is 0 Å². The van der Waals surface area contributed by atoms with Crippen molar-refractivity contribution in [1.82, 2.24) is 0 Å². The predicted octanol–water partition coefficient (Wildman–Crippen LogP) is 4.87. The van der Waals surface area contributed by atoms with E-state index in [9.17, 15) is 13.2 Å². The smallest absolute Gasteiger partial charge is 0.417 e. The number of ether oxygens (including phenoxy) is 1. The number of nitriles is 2. The Labute approximate surface area is 149 Å². The highest BCUT2D eigenvalue weighted by molar-refractivity contribution is 5.53. The number of nitrogens with one attached hydrogen (secondary N) is 1. The van der Waals surface area contributed by atoms with Crippen LogP contribution in [-0.2, 0) is 12.7 Å². The minimum atomic E-state index is -4.59. The molecule has 0 aromatic heterocycles. The van der Waals surface area contributed by atoms with E-state index >= 15 is 0 Å². The fourth-order valence-corrected chi connectivity index (χ4v) is 2.28. The van der Waals surface area contributed by atoms with Crippen LogP contribution in [0.4, 0.5) is 18.9 Å². The molecule has 0 radical (unpaired) electrons. The van der Waals surface area contributed by atoms with Crippen LogP contribution in [0, 0.1) is 22.7 Å². The van der Waals surface area contributed by atoms with E-state index in [-0.39, 0.29) is 12.2 Å². The number of alkyl halides is 3. The molecule has 7 heteroatoms. The summed E-state index contributed by atoms with van der Waals surface area (Å²) in [5.41, 5.74) is -0.346. The van der Waals surface area contributed by atoms with Gasteiger partial charge in [-0.2, -0.15) is 23.7 Å². The third kappa shape index (κ3) is 4.90. The first-order valence-corrected chi connectivity index (χ1v) is 7.87. The molecule has 2 aromatic carbocycles. The Morgan fingerprint density at radius 1 is 1.15 bits per heavy atom. The summed E-state index contributed by atoms with van der Waals surface area (Å²) in [6, 6.07) is 14.1. The van der Waals surface area contributed by atoms with E-state index in [1.165, 1.54) is 6.07 Å². The van der Waals surface area contributed by atoms with Crippen molar-refractivity contribution in [2.24, 2.45) is 0 Å². The topological polar surface area (TPSA) is 68.8 Å². The number of rotatable bonds is 6. The first-order chi connectivity index (χ1) is 12.4. The molecule has 0 heterocycles. The van der Waals surface area contributed by atoms with E-state index in [1.54, 1.807) is 30.3 Å². The third-order valence-electron chi connectivity index (χ3n) is 3.63. The molecule has 1 unspecified atom stereocenters. The molecule has 0 saturated heterocycles. The van der Waals surface area contributed by atoms with Crippen molar-refractivity contribution in [1.29, 1.82) is 10.5 Å². The fraction of sp³-hybridized carbons (Fsp3) is 0.263. The molecule has 4 nitrogen and oxygen atoms in total. The molecular formula is C19H16F3N3O.